The van der Waals surface area contributed by atoms with Gasteiger partial charge in [0.25, 0.3) is 0 Å². The predicted octanol–water partition coefficient (Wildman–Crippen LogP) is 0.635. The first kappa shape index (κ1) is 13.6. The highest BCUT2D eigenvalue weighted by Gasteiger charge is 2.18. The zero-order chi connectivity index (χ0) is 12.8. The lowest BCUT2D eigenvalue weighted by atomic mass is 10.00. The maximum Gasteiger partial charge on any atom is 0.127 e. The molecule has 0 spiro atoms. The molecular formula is C12H15FN2O2. The molecule has 0 saturated heterocycles. The second-order valence-corrected chi connectivity index (χ2v) is 3.78. The van der Waals surface area contributed by atoms with E-state index in [9.17, 15) is 14.6 Å². The van der Waals surface area contributed by atoms with E-state index in [1.54, 1.807) is 0 Å². The Morgan fingerprint density at radius 2 is 2.12 bits per heavy atom. The Kier molecular flexibility index (Phi) is 5.04. The number of halogens is 1. The Hall–Kier alpha value is -1.48. The fraction of sp³-hybridized carbons (Fsp3) is 0.417. The molecule has 0 radical (unpaired) electrons. The van der Waals surface area contributed by atoms with Gasteiger partial charge in [-0.05, 0) is 24.6 Å². The van der Waals surface area contributed by atoms with E-state index in [0.29, 0.717) is 0 Å². The molecule has 1 aromatic rings. The van der Waals surface area contributed by atoms with Gasteiger partial charge >= 0.3 is 0 Å². The third-order valence-corrected chi connectivity index (χ3v) is 2.52. The van der Waals surface area contributed by atoms with Crippen LogP contribution in [0.3, 0.4) is 0 Å². The van der Waals surface area contributed by atoms with E-state index in [2.05, 4.69) is 0 Å². The molecule has 0 heterocycles. The van der Waals surface area contributed by atoms with Gasteiger partial charge in [-0.1, -0.05) is 12.1 Å². The van der Waals surface area contributed by atoms with Crippen LogP contribution in [0.1, 0.15) is 23.7 Å². The Labute approximate surface area is 99.1 Å². The van der Waals surface area contributed by atoms with E-state index in [1.807, 2.05) is 6.07 Å². The van der Waals surface area contributed by atoms with Crippen molar-refractivity contribution >= 4 is 0 Å². The van der Waals surface area contributed by atoms with Crippen LogP contribution in [0.25, 0.3) is 0 Å². The highest BCUT2D eigenvalue weighted by atomic mass is 19.1. The lowest BCUT2D eigenvalue weighted by Crippen LogP contribution is -2.21. The van der Waals surface area contributed by atoms with Crippen LogP contribution in [0.4, 0.5) is 4.39 Å². The molecule has 2 unspecified atom stereocenters. The number of aliphatic hydroxyl groups excluding tert-OH is 2. The van der Waals surface area contributed by atoms with E-state index in [4.69, 9.17) is 11.0 Å². The molecule has 1 aromatic carbocycles. The maximum absolute atomic E-state index is 13.5. The van der Waals surface area contributed by atoms with E-state index in [0.717, 1.165) is 6.07 Å². The Morgan fingerprint density at radius 3 is 2.65 bits per heavy atom. The Bertz CT molecular complexity index is 417. The van der Waals surface area contributed by atoms with Gasteiger partial charge in [0.15, 0.2) is 0 Å². The first-order valence-corrected chi connectivity index (χ1v) is 5.31. The van der Waals surface area contributed by atoms with Crippen LogP contribution in [0.15, 0.2) is 18.2 Å². The number of rotatable bonds is 5. The summed E-state index contributed by atoms with van der Waals surface area (Å²) in [5.41, 5.74) is 5.81. The molecule has 0 amide bonds. The van der Waals surface area contributed by atoms with E-state index in [1.165, 1.54) is 12.1 Å². The summed E-state index contributed by atoms with van der Waals surface area (Å²) in [6, 6.07) is 5.92. The van der Waals surface area contributed by atoms with E-state index < -0.39 is 18.0 Å². The van der Waals surface area contributed by atoms with Crippen molar-refractivity contribution in [2.45, 2.75) is 25.0 Å². The van der Waals surface area contributed by atoms with Gasteiger partial charge in [-0.15, -0.1) is 0 Å². The van der Waals surface area contributed by atoms with Crippen molar-refractivity contribution in [1.82, 2.24) is 0 Å². The minimum Gasteiger partial charge on any atom is -0.390 e. The molecule has 0 fully saturated rings. The average Bonchev–Trinajstić information content (AvgIpc) is 2.31. The molecule has 92 valence electrons. The molecule has 0 aromatic heterocycles. The van der Waals surface area contributed by atoms with Crippen LogP contribution in [-0.2, 0) is 6.42 Å². The monoisotopic (exact) mass is 238 g/mol. The molecule has 4 nitrogen and oxygen atoms in total. The first-order chi connectivity index (χ1) is 8.10. The summed E-state index contributed by atoms with van der Waals surface area (Å²) in [6.45, 7) is 0.243. The number of nitriles is 1. The van der Waals surface area contributed by atoms with Crippen molar-refractivity contribution in [2.75, 3.05) is 6.54 Å². The van der Waals surface area contributed by atoms with Gasteiger partial charge < -0.3 is 15.9 Å². The third-order valence-electron chi connectivity index (χ3n) is 2.52. The van der Waals surface area contributed by atoms with Gasteiger partial charge in [0.05, 0.1) is 18.6 Å². The molecule has 5 heteroatoms. The Balaban J connectivity index is 2.86. The molecule has 1 rings (SSSR count). The summed E-state index contributed by atoms with van der Waals surface area (Å²) >= 11 is 0. The normalized spacial score (nSPS) is 14.1. The summed E-state index contributed by atoms with van der Waals surface area (Å²) in [6.07, 6.45) is -1.96. The highest BCUT2D eigenvalue weighted by Crippen LogP contribution is 2.21. The highest BCUT2D eigenvalue weighted by molar-refractivity contribution is 5.28. The van der Waals surface area contributed by atoms with E-state index >= 15 is 0 Å². The van der Waals surface area contributed by atoms with Crippen LogP contribution >= 0.6 is 0 Å². The van der Waals surface area contributed by atoms with Crippen molar-refractivity contribution in [3.63, 3.8) is 0 Å². The van der Waals surface area contributed by atoms with Crippen molar-refractivity contribution in [1.29, 1.82) is 5.26 Å². The molecule has 0 saturated carbocycles. The van der Waals surface area contributed by atoms with Crippen molar-refractivity contribution in [2.24, 2.45) is 5.73 Å². The largest absolute Gasteiger partial charge is 0.390 e. The number of aliphatic hydroxyl groups is 2. The van der Waals surface area contributed by atoms with Crippen LogP contribution < -0.4 is 5.73 Å². The first-order valence-electron chi connectivity index (χ1n) is 5.31. The van der Waals surface area contributed by atoms with Crippen LogP contribution in [-0.4, -0.2) is 22.9 Å². The molecule has 0 aliphatic heterocycles. The number of hydrogen-bond donors (Lipinski definition) is 3. The topological polar surface area (TPSA) is 90.3 Å². The lowest BCUT2D eigenvalue weighted by Gasteiger charge is -2.17. The average molecular weight is 238 g/mol. The molecule has 0 bridgehead atoms. The number of hydrogen-bond acceptors (Lipinski definition) is 4. The zero-order valence-electron chi connectivity index (χ0n) is 9.31. The molecule has 17 heavy (non-hydrogen) atoms. The number of benzene rings is 1. The SMILES string of the molecule is N#CCc1ccc(C(O)C(O)CCN)cc1F. The second kappa shape index (κ2) is 6.30. The molecule has 4 N–H and O–H groups in total. The van der Waals surface area contributed by atoms with Crippen molar-refractivity contribution < 1.29 is 14.6 Å². The lowest BCUT2D eigenvalue weighted by molar-refractivity contribution is 0.0148. The number of nitrogens with two attached hydrogens (primary N) is 1. The van der Waals surface area contributed by atoms with Gasteiger partial charge in [-0.25, -0.2) is 4.39 Å². The predicted molar refractivity (Wildman–Crippen MR) is 60.4 cm³/mol. The van der Waals surface area contributed by atoms with Crippen LogP contribution in [0, 0.1) is 17.1 Å². The molecular weight excluding hydrogens is 223 g/mol. The second-order valence-electron chi connectivity index (χ2n) is 3.78. The fourth-order valence-electron chi connectivity index (χ4n) is 1.53. The van der Waals surface area contributed by atoms with Crippen molar-refractivity contribution in [3.8, 4) is 6.07 Å². The van der Waals surface area contributed by atoms with Gasteiger partial charge in [-0.2, -0.15) is 5.26 Å². The third kappa shape index (κ3) is 3.49. The summed E-state index contributed by atoms with van der Waals surface area (Å²) in [5.74, 6) is -0.553. The van der Waals surface area contributed by atoms with Gasteiger partial charge in [0.1, 0.15) is 11.9 Å². The van der Waals surface area contributed by atoms with Gasteiger partial charge in [-0.3, -0.25) is 0 Å². The standard InChI is InChI=1S/C12H15FN2O2/c13-10-7-9(2-1-8(10)3-5-14)12(17)11(16)4-6-15/h1-2,7,11-12,16-17H,3-4,6,15H2. The summed E-state index contributed by atoms with van der Waals surface area (Å²) in [7, 11) is 0. The summed E-state index contributed by atoms with van der Waals surface area (Å²) < 4.78 is 13.5. The Morgan fingerprint density at radius 1 is 1.41 bits per heavy atom. The van der Waals surface area contributed by atoms with E-state index in [-0.39, 0.29) is 30.5 Å². The van der Waals surface area contributed by atoms with Crippen LogP contribution in [0.2, 0.25) is 0 Å². The maximum atomic E-state index is 13.5. The molecule has 0 aliphatic carbocycles. The summed E-state index contributed by atoms with van der Waals surface area (Å²) in [4.78, 5) is 0. The quantitative estimate of drug-likeness (QED) is 0.702. The molecule has 2 atom stereocenters. The van der Waals surface area contributed by atoms with Crippen molar-refractivity contribution in [3.05, 3.63) is 35.1 Å². The minimum absolute atomic E-state index is 0.0203. The number of nitrogens with zero attached hydrogens (tertiary/aromatic N) is 1. The molecule has 0 aliphatic rings. The summed E-state index contributed by atoms with van der Waals surface area (Å²) in [5, 5.41) is 27.7. The zero-order valence-corrected chi connectivity index (χ0v) is 9.31. The van der Waals surface area contributed by atoms with Gasteiger partial charge in [0, 0.05) is 5.56 Å². The smallest absolute Gasteiger partial charge is 0.127 e. The van der Waals surface area contributed by atoms with Crippen LogP contribution in [0.5, 0.6) is 0 Å². The van der Waals surface area contributed by atoms with Gasteiger partial charge in [0.2, 0.25) is 0 Å². The minimum atomic E-state index is -1.16. The fourth-order valence-corrected chi connectivity index (χ4v) is 1.53.